The van der Waals surface area contributed by atoms with E-state index >= 15 is 0 Å². The van der Waals surface area contributed by atoms with Crippen LogP contribution in [0.1, 0.15) is 28.1 Å². The average Bonchev–Trinajstić information content (AvgIpc) is 3.35. The number of hydrogen-bond donors (Lipinski definition) is 1. The van der Waals surface area contributed by atoms with Crippen molar-refractivity contribution >= 4 is 17.2 Å². The molecule has 0 spiro atoms. The highest BCUT2D eigenvalue weighted by Crippen LogP contribution is 2.34. The molecule has 0 unspecified atom stereocenters. The van der Waals surface area contributed by atoms with Crippen molar-refractivity contribution in [3.05, 3.63) is 111 Å². The highest BCUT2D eigenvalue weighted by atomic mass is 35.5. The highest BCUT2D eigenvalue weighted by Gasteiger charge is 2.19. The Bertz CT molecular complexity index is 1350. The Kier molecular flexibility index (Phi) is 4.60. The second-order valence-electron chi connectivity index (χ2n) is 7.46. The largest absolute Gasteiger partial charge is 0.311 e. The van der Waals surface area contributed by atoms with Gasteiger partial charge in [-0.1, -0.05) is 29.8 Å². The van der Waals surface area contributed by atoms with E-state index in [9.17, 15) is 4.79 Å². The van der Waals surface area contributed by atoms with Crippen LogP contribution in [0.15, 0.2) is 71.9 Å². The monoisotopic (exact) mass is 414 g/mol. The summed E-state index contributed by atoms with van der Waals surface area (Å²) in [6.07, 6.45) is 8.44. The summed E-state index contributed by atoms with van der Waals surface area (Å²) in [5.41, 5.74) is 8.05. The number of aromatic nitrogens is 4. The number of fused-ring (bicyclic) bond motifs is 1. The fourth-order valence-corrected chi connectivity index (χ4v) is 4.11. The van der Waals surface area contributed by atoms with Crippen LogP contribution in [0.4, 0.5) is 0 Å². The summed E-state index contributed by atoms with van der Waals surface area (Å²) in [5.74, 6) is 0. The summed E-state index contributed by atoms with van der Waals surface area (Å²) >= 11 is 6.06. The van der Waals surface area contributed by atoms with Crippen molar-refractivity contribution < 1.29 is 0 Å². The van der Waals surface area contributed by atoms with Crippen molar-refractivity contribution in [2.45, 2.75) is 19.9 Å². The maximum Gasteiger partial charge on any atom is 0.251 e. The Hall–Kier alpha value is -3.44. The minimum absolute atomic E-state index is 0.0448. The van der Waals surface area contributed by atoms with Gasteiger partial charge in [-0.05, 0) is 47.9 Å². The van der Waals surface area contributed by atoms with Gasteiger partial charge in [-0.3, -0.25) is 14.9 Å². The fraction of sp³-hybridized carbons (Fsp3) is 0.125. The third kappa shape index (κ3) is 3.37. The first-order chi connectivity index (χ1) is 14.6. The molecule has 30 heavy (non-hydrogen) atoms. The molecule has 1 aliphatic rings. The lowest BCUT2D eigenvalue weighted by atomic mass is 9.99. The van der Waals surface area contributed by atoms with Crippen LogP contribution in [0.3, 0.4) is 0 Å². The Labute approximate surface area is 178 Å². The van der Waals surface area contributed by atoms with Crippen LogP contribution in [-0.4, -0.2) is 19.7 Å². The van der Waals surface area contributed by atoms with Gasteiger partial charge in [0, 0.05) is 52.3 Å². The van der Waals surface area contributed by atoms with Gasteiger partial charge in [0.1, 0.15) is 0 Å². The quantitative estimate of drug-likeness (QED) is 0.529. The van der Waals surface area contributed by atoms with Gasteiger partial charge in [0.15, 0.2) is 0 Å². The van der Waals surface area contributed by atoms with E-state index < -0.39 is 0 Å². The van der Waals surface area contributed by atoms with Crippen molar-refractivity contribution in [2.75, 3.05) is 0 Å². The van der Waals surface area contributed by atoms with Crippen molar-refractivity contribution in [3.8, 4) is 11.1 Å². The number of benzene rings is 1. The predicted octanol–water partition coefficient (Wildman–Crippen LogP) is 4.63. The summed E-state index contributed by atoms with van der Waals surface area (Å²) in [6, 6.07) is 13.4. The second-order valence-corrected chi connectivity index (χ2v) is 7.90. The number of nitrogens with zero attached hydrogens (tertiary/aromatic N) is 3. The van der Waals surface area contributed by atoms with Crippen molar-refractivity contribution in [2.24, 2.45) is 0 Å². The number of H-pyrrole nitrogens is 1. The standard InChI is InChI=1S/C24H19ClN4O/c1-15-22(13-27-28-15)18-10-21-20(5-6-23(21)26-12-18)17-7-8-29(24(30)11-17)14-16-3-2-4-19(25)9-16/h2-5,7-13H,6,14H2,1H3,(H,27,28). The molecule has 0 saturated heterocycles. The van der Waals surface area contributed by atoms with Crippen molar-refractivity contribution in [1.82, 2.24) is 19.7 Å². The lowest BCUT2D eigenvalue weighted by Crippen LogP contribution is -2.19. The van der Waals surface area contributed by atoms with Gasteiger partial charge in [0.2, 0.25) is 0 Å². The zero-order valence-corrected chi connectivity index (χ0v) is 17.1. The molecule has 1 aromatic carbocycles. The molecule has 0 radical (unpaired) electrons. The van der Waals surface area contributed by atoms with Gasteiger partial charge >= 0.3 is 0 Å². The number of pyridine rings is 2. The topological polar surface area (TPSA) is 63.6 Å². The van der Waals surface area contributed by atoms with Crippen molar-refractivity contribution in [3.63, 3.8) is 0 Å². The number of aryl methyl sites for hydroxylation is 1. The van der Waals surface area contributed by atoms with E-state index in [-0.39, 0.29) is 5.56 Å². The Morgan fingerprint density at radius 2 is 2.00 bits per heavy atom. The Morgan fingerprint density at radius 1 is 1.10 bits per heavy atom. The van der Waals surface area contributed by atoms with Crippen LogP contribution >= 0.6 is 11.6 Å². The molecular formula is C24H19ClN4O. The van der Waals surface area contributed by atoms with E-state index in [0.29, 0.717) is 11.6 Å². The van der Waals surface area contributed by atoms with Crippen LogP contribution < -0.4 is 5.56 Å². The van der Waals surface area contributed by atoms with Gasteiger partial charge in [0.25, 0.3) is 5.56 Å². The molecule has 0 atom stereocenters. The third-order valence-electron chi connectivity index (χ3n) is 5.45. The number of aromatic amines is 1. The molecule has 148 valence electrons. The molecule has 1 aliphatic carbocycles. The normalized spacial score (nSPS) is 12.7. The predicted molar refractivity (Wildman–Crippen MR) is 119 cm³/mol. The molecule has 1 N–H and O–H groups in total. The molecule has 5 nitrogen and oxygen atoms in total. The van der Waals surface area contributed by atoms with Crippen LogP contribution in [0.25, 0.3) is 16.7 Å². The first kappa shape index (κ1) is 18.6. The lowest BCUT2D eigenvalue weighted by molar-refractivity contribution is 0.758. The molecule has 5 rings (SSSR count). The van der Waals surface area contributed by atoms with Crippen molar-refractivity contribution in [1.29, 1.82) is 0 Å². The average molecular weight is 415 g/mol. The number of rotatable bonds is 4. The Balaban J connectivity index is 1.47. The lowest BCUT2D eigenvalue weighted by Gasteiger charge is -2.10. The SMILES string of the molecule is Cc1[nH]ncc1-c1cnc2c(c1)C(c1ccn(Cc3cccc(Cl)c3)c(=O)c1)=CC2. The van der Waals surface area contributed by atoms with E-state index in [4.69, 9.17) is 11.6 Å². The molecule has 0 amide bonds. The minimum atomic E-state index is -0.0448. The van der Waals surface area contributed by atoms with Gasteiger partial charge < -0.3 is 4.57 Å². The summed E-state index contributed by atoms with van der Waals surface area (Å²) in [5, 5.41) is 7.75. The first-order valence-corrected chi connectivity index (χ1v) is 10.1. The van der Waals surface area contributed by atoms with E-state index in [1.807, 2.05) is 55.8 Å². The number of halogens is 1. The van der Waals surface area contributed by atoms with E-state index in [0.717, 1.165) is 51.2 Å². The van der Waals surface area contributed by atoms with E-state index in [1.54, 1.807) is 10.6 Å². The first-order valence-electron chi connectivity index (χ1n) is 9.73. The van der Waals surface area contributed by atoms with Gasteiger partial charge in [-0.15, -0.1) is 0 Å². The molecule has 0 fully saturated rings. The number of hydrogen-bond acceptors (Lipinski definition) is 3. The van der Waals surface area contributed by atoms with Crippen LogP contribution in [0.5, 0.6) is 0 Å². The Morgan fingerprint density at radius 3 is 2.77 bits per heavy atom. The number of nitrogens with one attached hydrogen (secondary N) is 1. The fourth-order valence-electron chi connectivity index (χ4n) is 3.90. The maximum atomic E-state index is 12.8. The molecule has 3 aromatic heterocycles. The summed E-state index contributed by atoms with van der Waals surface area (Å²) in [7, 11) is 0. The summed E-state index contributed by atoms with van der Waals surface area (Å²) < 4.78 is 1.69. The molecule has 0 bridgehead atoms. The highest BCUT2D eigenvalue weighted by molar-refractivity contribution is 6.30. The minimum Gasteiger partial charge on any atom is -0.311 e. The van der Waals surface area contributed by atoms with Crippen LogP contribution in [0.2, 0.25) is 5.02 Å². The zero-order valence-electron chi connectivity index (χ0n) is 16.4. The number of allylic oxidation sites excluding steroid dienone is 1. The molecule has 3 heterocycles. The van der Waals surface area contributed by atoms with Gasteiger partial charge in [-0.25, -0.2) is 0 Å². The van der Waals surface area contributed by atoms with E-state index in [1.165, 1.54) is 0 Å². The van der Waals surface area contributed by atoms with Gasteiger partial charge in [0.05, 0.1) is 18.4 Å². The molecule has 0 aliphatic heterocycles. The molecule has 0 saturated carbocycles. The maximum absolute atomic E-state index is 12.8. The van der Waals surface area contributed by atoms with Gasteiger partial charge in [-0.2, -0.15) is 5.10 Å². The second kappa shape index (κ2) is 7.43. The third-order valence-corrected chi connectivity index (χ3v) is 5.68. The van der Waals surface area contributed by atoms with Crippen LogP contribution in [0, 0.1) is 6.92 Å². The zero-order chi connectivity index (χ0) is 20.7. The molecule has 4 aromatic rings. The summed E-state index contributed by atoms with van der Waals surface area (Å²) in [6.45, 7) is 2.48. The van der Waals surface area contributed by atoms with Crippen LogP contribution in [-0.2, 0) is 13.0 Å². The molecular weight excluding hydrogens is 396 g/mol. The smallest absolute Gasteiger partial charge is 0.251 e. The summed E-state index contributed by atoms with van der Waals surface area (Å²) in [4.78, 5) is 17.4. The molecule has 6 heteroatoms. The van der Waals surface area contributed by atoms with E-state index in [2.05, 4.69) is 27.3 Å².